The van der Waals surface area contributed by atoms with Gasteiger partial charge in [0.2, 0.25) is 10.0 Å². The van der Waals surface area contributed by atoms with E-state index >= 15 is 0 Å². The molecule has 0 aromatic heterocycles. The number of nitrogens with one attached hydrogen (secondary N) is 1. The van der Waals surface area contributed by atoms with Crippen LogP contribution in [0.2, 0.25) is 0 Å². The first-order valence-corrected chi connectivity index (χ1v) is 6.74. The average Bonchev–Trinajstić information content (AvgIpc) is 2.39. The molecule has 0 bridgehead atoms. The standard InChI is InChI=1S/C10H15N3O3S/c11-12-9-3-1-2-4-10(9)17(14,15)13-5-7-16-8-6-13/h1-4,12H,5-8,11H2. The van der Waals surface area contributed by atoms with Gasteiger partial charge < -0.3 is 10.2 Å². The Kier molecular flexibility index (Phi) is 3.63. The Morgan fingerprint density at radius 1 is 1.24 bits per heavy atom. The highest BCUT2D eigenvalue weighted by molar-refractivity contribution is 7.89. The van der Waals surface area contributed by atoms with Gasteiger partial charge in [0.1, 0.15) is 4.90 Å². The van der Waals surface area contributed by atoms with Crippen LogP contribution in [0.15, 0.2) is 29.2 Å². The number of para-hydroxylation sites is 1. The van der Waals surface area contributed by atoms with Crippen LogP contribution in [0, 0.1) is 0 Å². The molecule has 1 aliphatic heterocycles. The van der Waals surface area contributed by atoms with Gasteiger partial charge in [-0.25, -0.2) is 8.42 Å². The molecule has 3 N–H and O–H groups in total. The topological polar surface area (TPSA) is 84.7 Å². The third-order valence-corrected chi connectivity index (χ3v) is 4.59. The predicted octanol–water partition coefficient (Wildman–Crippen LogP) is -0.00690. The number of ether oxygens (including phenoxy) is 1. The number of nitrogens with zero attached hydrogens (tertiary/aromatic N) is 1. The Balaban J connectivity index is 2.36. The maximum atomic E-state index is 12.3. The van der Waals surface area contributed by atoms with Gasteiger partial charge in [0.25, 0.3) is 0 Å². The third-order valence-electron chi connectivity index (χ3n) is 2.63. The van der Waals surface area contributed by atoms with Crippen LogP contribution in [0.25, 0.3) is 0 Å². The molecule has 0 atom stereocenters. The van der Waals surface area contributed by atoms with Gasteiger partial charge in [-0.1, -0.05) is 12.1 Å². The number of hydrazine groups is 1. The molecule has 0 aliphatic carbocycles. The van der Waals surface area contributed by atoms with Gasteiger partial charge in [-0.2, -0.15) is 4.31 Å². The molecule has 0 radical (unpaired) electrons. The van der Waals surface area contributed by atoms with E-state index in [1.54, 1.807) is 24.3 Å². The van der Waals surface area contributed by atoms with E-state index in [0.29, 0.717) is 32.0 Å². The number of benzene rings is 1. The molecular formula is C10H15N3O3S. The van der Waals surface area contributed by atoms with Gasteiger partial charge >= 0.3 is 0 Å². The van der Waals surface area contributed by atoms with E-state index in [0.717, 1.165) is 0 Å². The summed E-state index contributed by atoms with van der Waals surface area (Å²) in [6, 6.07) is 6.58. The van der Waals surface area contributed by atoms with Crippen molar-refractivity contribution in [1.82, 2.24) is 4.31 Å². The van der Waals surface area contributed by atoms with Gasteiger partial charge in [0.05, 0.1) is 18.9 Å². The number of sulfonamides is 1. The van der Waals surface area contributed by atoms with E-state index in [1.807, 2.05) is 0 Å². The number of hydrogen-bond donors (Lipinski definition) is 2. The number of rotatable bonds is 3. The van der Waals surface area contributed by atoms with Crippen molar-refractivity contribution in [2.24, 2.45) is 5.84 Å². The van der Waals surface area contributed by atoms with Crippen molar-refractivity contribution >= 4 is 15.7 Å². The summed E-state index contributed by atoms with van der Waals surface area (Å²) in [5, 5.41) is 0. The quantitative estimate of drug-likeness (QED) is 0.588. The van der Waals surface area contributed by atoms with Crippen LogP contribution < -0.4 is 11.3 Å². The summed E-state index contributed by atoms with van der Waals surface area (Å²) in [6.45, 7) is 1.61. The molecule has 17 heavy (non-hydrogen) atoms. The zero-order chi connectivity index (χ0) is 12.3. The Bertz CT molecular complexity index is 483. The van der Waals surface area contributed by atoms with Crippen molar-refractivity contribution in [2.75, 3.05) is 31.7 Å². The zero-order valence-corrected chi connectivity index (χ0v) is 10.1. The Morgan fingerprint density at radius 3 is 2.53 bits per heavy atom. The highest BCUT2D eigenvalue weighted by atomic mass is 32.2. The van der Waals surface area contributed by atoms with E-state index in [4.69, 9.17) is 10.6 Å². The molecule has 1 aromatic carbocycles. The molecule has 7 heteroatoms. The van der Waals surface area contributed by atoms with Gasteiger partial charge in [-0.15, -0.1) is 0 Å². The van der Waals surface area contributed by atoms with E-state index in [2.05, 4.69) is 5.43 Å². The lowest BCUT2D eigenvalue weighted by Gasteiger charge is -2.26. The minimum atomic E-state index is -3.49. The Labute approximate surface area is 100 Å². The highest BCUT2D eigenvalue weighted by Crippen LogP contribution is 2.24. The second-order valence-corrected chi connectivity index (χ2v) is 5.56. The molecule has 1 aliphatic rings. The van der Waals surface area contributed by atoms with Crippen LogP contribution in [-0.2, 0) is 14.8 Å². The van der Waals surface area contributed by atoms with Crippen LogP contribution >= 0.6 is 0 Å². The van der Waals surface area contributed by atoms with Crippen LogP contribution in [0.3, 0.4) is 0 Å². The fraction of sp³-hybridized carbons (Fsp3) is 0.400. The summed E-state index contributed by atoms with van der Waals surface area (Å²) in [6.07, 6.45) is 0. The summed E-state index contributed by atoms with van der Waals surface area (Å²) in [4.78, 5) is 0.199. The molecule has 0 saturated carbocycles. The Morgan fingerprint density at radius 2 is 1.88 bits per heavy atom. The summed E-state index contributed by atoms with van der Waals surface area (Å²) in [7, 11) is -3.49. The number of nitrogens with two attached hydrogens (primary N) is 1. The lowest BCUT2D eigenvalue weighted by molar-refractivity contribution is 0.0730. The normalized spacial score (nSPS) is 17.9. The lowest BCUT2D eigenvalue weighted by atomic mass is 10.3. The van der Waals surface area contributed by atoms with E-state index in [9.17, 15) is 8.42 Å². The number of morpholine rings is 1. The fourth-order valence-electron chi connectivity index (χ4n) is 1.74. The van der Waals surface area contributed by atoms with E-state index in [1.165, 1.54) is 4.31 Å². The molecule has 1 aromatic rings. The minimum Gasteiger partial charge on any atom is -0.379 e. The van der Waals surface area contributed by atoms with E-state index in [-0.39, 0.29) is 4.90 Å². The number of anilines is 1. The average molecular weight is 257 g/mol. The highest BCUT2D eigenvalue weighted by Gasteiger charge is 2.28. The van der Waals surface area contributed by atoms with Crippen LogP contribution in [0.5, 0.6) is 0 Å². The van der Waals surface area contributed by atoms with Gasteiger partial charge in [0.15, 0.2) is 0 Å². The second-order valence-electron chi connectivity index (χ2n) is 3.66. The van der Waals surface area contributed by atoms with Gasteiger partial charge in [-0.3, -0.25) is 5.84 Å². The summed E-state index contributed by atoms with van der Waals surface area (Å²) in [5.74, 6) is 5.32. The minimum absolute atomic E-state index is 0.199. The number of nitrogen functional groups attached to an aromatic ring is 1. The molecule has 0 spiro atoms. The maximum absolute atomic E-state index is 12.3. The lowest BCUT2D eigenvalue weighted by Crippen LogP contribution is -2.40. The molecule has 6 nitrogen and oxygen atoms in total. The van der Waals surface area contributed by atoms with Crippen LogP contribution in [-0.4, -0.2) is 39.0 Å². The monoisotopic (exact) mass is 257 g/mol. The Hall–Kier alpha value is -1.15. The SMILES string of the molecule is NNc1ccccc1S(=O)(=O)N1CCOCC1. The molecule has 1 fully saturated rings. The van der Waals surface area contributed by atoms with Crippen molar-refractivity contribution in [2.45, 2.75) is 4.90 Å². The molecule has 0 amide bonds. The first-order chi connectivity index (χ1) is 8.16. The molecule has 2 rings (SSSR count). The number of hydrogen-bond acceptors (Lipinski definition) is 5. The molecule has 0 unspecified atom stereocenters. The van der Waals surface area contributed by atoms with Gasteiger partial charge in [0, 0.05) is 13.1 Å². The molecule has 1 saturated heterocycles. The molecule has 94 valence electrons. The first kappa shape index (κ1) is 12.3. The van der Waals surface area contributed by atoms with Crippen molar-refractivity contribution < 1.29 is 13.2 Å². The summed E-state index contributed by atoms with van der Waals surface area (Å²) in [5.41, 5.74) is 2.81. The largest absolute Gasteiger partial charge is 0.379 e. The van der Waals surface area contributed by atoms with Crippen molar-refractivity contribution in [3.05, 3.63) is 24.3 Å². The second kappa shape index (κ2) is 5.01. The summed E-state index contributed by atoms with van der Waals surface area (Å²) < 4.78 is 31.2. The maximum Gasteiger partial charge on any atom is 0.245 e. The van der Waals surface area contributed by atoms with Crippen LogP contribution in [0.1, 0.15) is 0 Å². The zero-order valence-electron chi connectivity index (χ0n) is 9.30. The smallest absolute Gasteiger partial charge is 0.245 e. The van der Waals surface area contributed by atoms with Gasteiger partial charge in [-0.05, 0) is 12.1 Å². The third kappa shape index (κ3) is 2.42. The van der Waals surface area contributed by atoms with Crippen molar-refractivity contribution in [3.8, 4) is 0 Å². The molecule has 1 heterocycles. The summed E-state index contributed by atoms with van der Waals surface area (Å²) >= 11 is 0. The van der Waals surface area contributed by atoms with Crippen LogP contribution in [0.4, 0.5) is 5.69 Å². The first-order valence-electron chi connectivity index (χ1n) is 5.30. The predicted molar refractivity (Wildman–Crippen MR) is 63.8 cm³/mol. The van der Waals surface area contributed by atoms with Crippen molar-refractivity contribution in [1.29, 1.82) is 0 Å². The fourth-order valence-corrected chi connectivity index (χ4v) is 3.30. The van der Waals surface area contributed by atoms with Crippen molar-refractivity contribution in [3.63, 3.8) is 0 Å². The van der Waals surface area contributed by atoms with E-state index < -0.39 is 10.0 Å². The molecular weight excluding hydrogens is 242 g/mol.